The third-order valence-electron chi connectivity index (χ3n) is 10.9. The van der Waals surface area contributed by atoms with Crippen LogP contribution in [0.15, 0.2) is 18.2 Å². The van der Waals surface area contributed by atoms with E-state index in [4.69, 9.17) is 24.2 Å². The molecule has 2 bridgehead atoms. The standard InChI is InChI=1S/C36H50N4O6/c1-7-24-29-20-40(30(24)21(2)41)33(42)31(35(3,4)5)39-34(43)46-28-19-36(15-16-36)18-22(28)11-9-8-10-12-26-32(45-29)38-27-17-23(44-6)13-14-25(27)37-26/h13-14,17,22,24,28-31H,7-12,15-16,18-20H2,1-6H3,(H,39,43)/t22-,24?,28-,29+,30-,31-/m1/s1. The summed E-state index contributed by atoms with van der Waals surface area (Å²) in [7, 11) is 1.62. The lowest BCUT2D eigenvalue weighted by atomic mass is 9.85. The van der Waals surface area contributed by atoms with Gasteiger partial charge in [0.2, 0.25) is 11.8 Å². The molecule has 250 valence electrons. The van der Waals surface area contributed by atoms with E-state index in [1.54, 1.807) is 12.0 Å². The Morgan fingerprint density at radius 2 is 1.85 bits per heavy atom. The van der Waals surface area contributed by atoms with E-state index in [1.165, 1.54) is 19.8 Å². The summed E-state index contributed by atoms with van der Waals surface area (Å²) >= 11 is 0. The molecule has 4 aliphatic rings. The monoisotopic (exact) mass is 634 g/mol. The molecule has 3 fully saturated rings. The van der Waals surface area contributed by atoms with Gasteiger partial charge in [0.1, 0.15) is 29.7 Å². The summed E-state index contributed by atoms with van der Waals surface area (Å²) in [6.07, 6.45) is 8.54. The van der Waals surface area contributed by atoms with Crippen molar-refractivity contribution < 1.29 is 28.6 Å². The van der Waals surface area contributed by atoms with Crippen molar-refractivity contribution in [3.8, 4) is 11.6 Å². The van der Waals surface area contributed by atoms with Gasteiger partial charge in [-0.15, -0.1) is 0 Å². The Labute approximate surface area is 272 Å². The molecule has 10 nitrogen and oxygen atoms in total. The molecular weight excluding hydrogens is 584 g/mol. The number of carbonyl (C=O) groups excluding carboxylic acids is 3. The predicted molar refractivity (Wildman–Crippen MR) is 174 cm³/mol. The Balaban J connectivity index is 1.37. The lowest BCUT2D eigenvalue weighted by Crippen LogP contribution is -2.57. The van der Waals surface area contributed by atoms with Gasteiger partial charge in [-0.25, -0.2) is 14.8 Å². The third-order valence-corrected chi connectivity index (χ3v) is 10.9. The Kier molecular flexibility index (Phi) is 8.93. The fourth-order valence-corrected chi connectivity index (χ4v) is 8.17. The largest absolute Gasteiger partial charge is 0.497 e. The van der Waals surface area contributed by atoms with E-state index in [-0.39, 0.29) is 30.3 Å². The SMILES string of the molecule is CCC1[C@@H]2CN(C(=O)[C@H](C(C)(C)C)NC(=O)O[C@@H]3CC4(CC4)C[C@H]3CCCCCc3nc4ccc(OC)cc4nc3O2)[C@@H]1C(C)=O. The highest BCUT2D eigenvalue weighted by atomic mass is 16.6. The van der Waals surface area contributed by atoms with Crippen LogP contribution in [0.4, 0.5) is 4.79 Å². The van der Waals surface area contributed by atoms with Gasteiger partial charge < -0.3 is 24.4 Å². The Morgan fingerprint density at radius 1 is 1.07 bits per heavy atom. The van der Waals surface area contributed by atoms with Crippen LogP contribution in [0.3, 0.4) is 0 Å². The number of ketones is 1. The van der Waals surface area contributed by atoms with E-state index in [0.29, 0.717) is 41.3 Å². The number of carbonyl (C=O) groups is 3. The molecule has 1 N–H and O–H groups in total. The van der Waals surface area contributed by atoms with Crippen molar-refractivity contribution in [1.29, 1.82) is 0 Å². The maximum atomic E-state index is 14.4. The summed E-state index contributed by atoms with van der Waals surface area (Å²) in [6, 6.07) is 4.08. The average molecular weight is 635 g/mol. The van der Waals surface area contributed by atoms with Gasteiger partial charge in [0, 0.05) is 12.0 Å². The van der Waals surface area contributed by atoms with Gasteiger partial charge in [-0.3, -0.25) is 9.59 Å². The average Bonchev–Trinajstić information content (AvgIpc) is 3.52. The number of nitrogens with one attached hydrogen (secondary N) is 1. The molecule has 1 aromatic carbocycles. The van der Waals surface area contributed by atoms with Gasteiger partial charge in [0.05, 0.1) is 30.7 Å². The van der Waals surface area contributed by atoms with Gasteiger partial charge >= 0.3 is 6.09 Å². The molecule has 2 aromatic rings. The molecule has 1 aromatic heterocycles. The van der Waals surface area contributed by atoms with Crippen LogP contribution >= 0.6 is 0 Å². The Bertz CT molecular complexity index is 1480. The first-order valence-corrected chi connectivity index (χ1v) is 17.2. The van der Waals surface area contributed by atoms with Crippen LogP contribution in [0, 0.1) is 22.7 Å². The fraction of sp³-hybridized carbons (Fsp3) is 0.694. The number of ether oxygens (including phenoxy) is 3. The Morgan fingerprint density at radius 3 is 2.52 bits per heavy atom. The zero-order chi connectivity index (χ0) is 32.8. The lowest BCUT2D eigenvalue weighted by Gasteiger charge is -2.35. The molecule has 0 radical (unpaired) electrons. The number of hydrogen-bond acceptors (Lipinski definition) is 8. The molecule has 6 atom stereocenters. The lowest BCUT2D eigenvalue weighted by molar-refractivity contribution is -0.141. The van der Waals surface area contributed by atoms with Crippen LogP contribution in [-0.4, -0.2) is 70.6 Å². The van der Waals surface area contributed by atoms with Crippen molar-refractivity contribution in [3.63, 3.8) is 0 Å². The third kappa shape index (κ3) is 6.54. The zero-order valence-electron chi connectivity index (χ0n) is 28.3. The summed E-state index contributed by atoms with van der Waals surface area (Å²) in [5.74, 6) is 0.789. The number of fused-ring (bicyclic) bond motifs is 5. The quantitative estimate of drug-likeness (QED) is 0.435. The maximum Gasteiger partial charge on any atom is 0.408 e. The minimum Gasteiger partial charge on any atom is -0.497 e. The molecule has 2 aliphatic heterocycles. The summed E-state index contributed by atoms with van der Waals surface area (Å²) in [5, 5.41) is 2.95. The molecule has 1 unspecified atom stereocenters. The van der Waals surface area contributed by atoms with Gasteiger partial charge in [0.25, 0.3) is 0 Å². The molecule has 3 heterocycles. The highest BCUT2D eigenvalue weighted by Gasteiger charge is 2.54. The smallest absolute Gasteiger partial charge is 0.408 e. The summed E-state index contributed by atoms with van der Waals surface area (Å²) in [4.78, 5) is 52.6. The number of amides is 2. The minimum absolute atomic E-state index is 0.106. The molecule has 10 heteroatoms. The van der Waals surface area contributed by atoms with Gasteiger partial charge in [-0.1, -0.05) is 40.5 Å². The Hall–Kier alpha value is -3.43. The first-order chi connectivity index (χ1) is 21.9. The second-order valence-electron chi connectivity index (χ2n) is 15.3. The molecule has 2 aliphatic carbocycles. The number of Topliss-reactive ketones (excluding diaryl/α,β-unsaturated/α-hetero) is 1. The number of alkyl carbamates (subject to hydrolysis) is 1. The van der Waals surface area contributed by atoms with Crippen LogP contribution in [-0.2, 0) is 20.7 Å². The van der Waals surface area contributed by atoms with Gasteiger partial charge in [-0.2, -0.15) is 0 Å². The minimum atomic E-state index is -0.879. The van der Waals surface area contributed by atoms with Gasteiger partial charge in [-0.05, 0) is 87.2 Å². The van der Waals surface area contributed by atoms with Crippen LogP contribution < -0.4 is 14.8 Å². The van der Waals surface area contributed by atoms with Crippen molar-refractivity contribution in [2.45, 2.75) is 123 Å². The van der Waals surface area contributed by atoms with E-state index >= 15 is 0 Å². The molecule has 6 rings (SSSR count). The number of hydrogen-bond donors (Lipinski definition) is 1. The van der Waals surface area contributed by atoms with E-state index in [9.17, 15) is 14.4 Å². The van der Waals surface area contributed by atoms with E-state index < -0.39 is 29.7 Å². The summed E-state index contributed by atoms with van der Waals surface area (Å²) < 4.78 is 18.3. The van der Waals surface area contributed by atoms with Crippen LogP contribution in [0.2, 0.25) is 0 Å². The first kappa shape index (κ1) is 32.5. The molecule has 2 saturated carbocycles. The van der Waals surface area contributed by atoms with E-state index in [0.717, 1.165) is 49.7 Å². The zero-order valence-corrected chi connectivity index (χ0v) is 28.3. The van der Waals surface area contributed by atoms with Crippen LogP contribution in [0.5, 0.6) is 11.6 Å². The van der Waals surface area contributed by atoms with Crippen molar-refractivity contribution in [1.82, 2.24) is 20.2 Å². The normalized spacial score (nSPS) is 30.0. The number of aromatic nitrogens is 2. The number of rotatable bonds is 3. The second kappa shape index (κ2) is 12.6. The molecule has 1 spiro atoms. The molecular formula is C36H50N4O6. The van der Waals surface area contributed by atoms with E-state index in [2.05, 4.69) is 5.32 Å². The van der Waals surface area contributed by atoms with Crippen LogP contribution in [0.1, 0.15) is 98.1 Å². The highest BCUT2D eigenvalue weighted by molar-refractivity contribution is 5.92. The maximum absolute atomic E-state index is 14.4. The molecule has 2 amide bonds. The topological polar surface area (TPSA) is 120 Å². The number of nitrogens with zero attached hydrogens (tertiary/aromatic N) is 3. The van der Waals surface area contributed by atoms with Crippen molar-refractivity contribution >= 4 is 28.8 Å². The number of methoxy groups -OCH3 is 1. The van der Waals surface area contributed by atoms with Crippen molar-refractivity contribution in [2.24, 2.45) is 22.7 Å². The summed E-state index contributed by atoms with van der Waals surface area (Å²) in [6.45, 7) is 9.52. The number of benzene rings is 1. The van der Waals surface area contributed by atoms with Crippen molar-refractivity contribution in [3.05, 3.63) is 23.9 Å². The first-order valence-electron chi connectivity index (χ1n) is 17.2. The van der Waals surface area contributed by atoms with Gasteiger partial charge in [0.15, 0.2) is 5.78 Å². The predicted octanol–water partition coefficient (Wildman–Crippen LogP) is 6.03. The van der Waals surface area contributed by atoms with E-state index in [1.807, 2.05) is 45.9 Å². The highest BCUT2D eigenvalue weighted by Crippen LogP contribution is 2.61. The molecule has 1 saturated heterocycles. The second-order valence-corrected chi connectivity index (χ2v) is 15.3. The fourth-order valence-electron chi connectivity index (χ4n) is 8.17. The molecule has 46 heavy (non-hydrogen) atoms. The number of aryl methyl sites for hydroxylation is 1. The van der Waals surface area contributed by atoms with Crippen molar-refractivity contribution in [2.75, 3.05) is 13.7 Å². The van der Waals surface area contributed by atoms with Crippen LogP contribution in [0.25, 0.3) is 11.0 Å². The summed E-state index contributed by atoms with van der Waals surface area (Å²) in [5.41, 5.74) is 1.92.